The molecule has 3 heterocycles. The summed E-state index contributed by atoms with van der Waals surface area (Å²) in [6, 6.07) is 4.62. The van der Waals surface area contributed by atoms with E-state index in [-0.39, 0.29) is 17.8 Å². The summed E-state index contributed by atoms with van der Waals surface area (Å²) in [5.41, 5.74) is 2.47. The number of amides is 1. The number of rotatable bonds is 2. The van der Waals surface area contributed by atoms with E-state index in [0.717, 1.165) is 16.5 Å². The Kier molecular flexibility index (Phi) is 4.55. The van der Waals surface area contributed by atoms with Gasteiger partial charge in [-0.05, 0) is 45.6 Å². The van der Waals surface area contributed by atoms with E-state index >= 15 is 0 Å². The molecule has 0 aliphatic carbocycles. The van der Waals surface area contributed by atoms with Crippen molar-refractivity contribution in [3.63, 3.8) is 0 Å². The van der Waals surface area contributed by atoms with Crippen LogP contribution in [0.4, 0.5) is 10.2 Å². The lowest BCUT2D eigenvalue weighted by molar-refractivity contribution is -0.129. The van der Waals surface area contributed by atoms with Gasteiger partial charge in [0.05, 0.1) is 11.4 Å². The summed E-state index contributed by atoms with van der Waals surface area (Å²) in [4.78, 5) is 22.3. The molecule has 3 aromatic rings. The van der Waals surface area contributed by atoms with E-state index in [4.69, 9.17) is 0 Å². The van der Waals surface area contributed by atoms with Crippen molar-refractivity contribution in [3.05, 3.63) is 46.1 Å². The van der Waals surface area contributed by atoms with Gasteiger partial charge in [0.2, 0.25) is 5.91 Å². The molecule has 140 valence electrons. The topological polar surface area (TPSA) is 75.9 Å². The fourth-order valence-electron chi connectivity index (χ4n) is 3.51. The van der Waals surface area contributed by atoms with Crippen molar-refractivity contribution in [3.8, 4) is 0 Å². The van der Waals surface area contributed by atoms with Crippen LogP contribution in [0.2, 0.25) is 0 Å². The van der Waals surface area contributed by atoms with Crippen molar-refractivity contribution >= 4 is 38.7 Å². The third kappa shape index (κ3) is 3.27. The van der Waals surface area contributed by atoms with Crippen LogP contribution in [0.25, 0.3) is 11.0 Å². The van der Waals surface area contributed by atoms with Crippen LogP contribution in [0, 0.1) is 5.82 Å². The molecule has 2 aromatic heterocycles. The van der Waals surface area contributed by atoms with Crippen LogP contribution in [-0.2, 0) is 18.4 Å². The standard InChI is InChI=1S/C18H18BrFN6O/c1-10(27)26-6-5-14(13-4-3-12(20)7-11(13)8-26)23-17-15-16(19)24-25(2)18(15)22-9-21-17/h3-4,7,9,14H,5-6,8H2,1-2H3,(H,21,22,23). The molecule has 1 atom stereocenters. The Morgan fingerprint density at radius 1 is 1.37 bits per heavy atom. The second-order valence-electron chi connectivity index (χ2n) is 6.60. The molecule has 4 rings (SSSR count). The maximum Gasteiger partial charge on any atom is 0.219 e. The molecule has 1 N–H and O–H groups in total. The summed E-state index contributed by atoms with van der Waals surface area (Å²) in [6.45, 7) is 2.51. The zero-order chi connectivity index (χ0) is 19.1. The number of hydrogen-bond donors (Lipinski definition) is 1. The van der Waals surface area contributed by atoms with E-state index in [9.17, 15) is 9.18 Å². The van der Waals surface area contributed by atoms with Crippen LogP contribution in [0.15, 0.2) is 29.1 Å². The number of fused-ring (bicyclic) bond motifs is 2. The molecular formula is C18H18BrFN6O. The van der Waals surface area contributed by atoms with Gasteiger partial charge < -0.3 is 10.2 Å². The van der Waals surface area contributed by atoms with Crippen molar-refractivity contribution < 1.29 is 9.18 Å². The zero-order valence-electron chi connectivity index (χ0n) is 14.9. The Morgan fingerprint density at radius 2 is 2.19 bits per heavy atom. The lowest BCUT2D eigenvalue weighted by atomic mass is 9.99. The quantitative estimate of drug-likeness (QED) is 0.672. The maximum atomic E-state index is 13.8. The number of halogens is 2. The fourth-order valence-corrected chi connectivity index (χ4v) is 4.11. The van der Waals surface area contributed by atoms with Crippen LogP contribution >= 0.6 is 15.9 Å². The van der Waals surface area contributed by atoms with Crippen LogP contribution in [-0.4, -0.2) is 37.1 Å². The monoisotopic (exact) mass is 432 g/mol. The lowest BCUT2D eigenvalue weighted by Crippen LogP contribution is -2.28. The molecule has 0 radical (unpaired) electrons. The SMILES string of the molecule is CC(=O)N1CCC(Nc2ncnc3c2c(Br)nn3C)c2ccc(F)cc2C1. The first-order valence-electron chi connectivity index (χ1n) is 8.57. The lowest BCUT2D eigenvalue weighted by Gasteiger charge is -2.20. The highest BCUT2D eigenvalue weighted by Gasteiger charge is 2.25. The first-order chi connectivity index (χ1) is 12.9. The number of anilines is 1. The predicted molar refractivity (Wildman–Crippen MR) is 102 cm³/mol. The van der Waals surface area contributed by atoms with Crippen LogP contribution in [0.3, 0.4) is 0 Å². The van der Waals surface area contributed by atoms with Gasteiger partial charge in [0, 0.05) is 27.1 Å². The van der Waals surface area contributed by atoms with E-state index < -0.39 is 0 Å². The zero-order valence-corrected chi connectivity index (χ0v) is 16.5. The van der Waals surface area contributed by atoms with E-state index in [1.807, 2.05) is 7.05 Å². The van der Waals surface area contributed by atoms with Crippen molar-refractivity contribution in [1.82, 2.24) is 24.6 Å². The number of benzene rings is 1. The molecule has 1 aliphatic rings. The normalized spacial score (nSPS) is 16.9. The first kappa shape index (κ1) is 17.8. The van der Waals surface area contributed by atoms with E-state index in [1.165, 1.54) is 25.4 Å². The number of nitrogens with one attached hydrogen (secondary N) is 1. The third-order valence-corrected chi connectivity index (χ3v) is 5.42. The molecule has 0 spiro atoms. The summed E-state index contributed by atoms with van der Waals surface area (Å²) in [5.74, 6) is 0.319. The molecular weight excluding hydrogens is 415 g/mol. The van der Waals surface area contributed by atoms with Crippen LogP contribution in [0.5, 0.6) is 0 Å². The highest BCUT2D eigenvalue weighted by Crippen LogP contribution is 2.33. The van der Waals surface area contributed by atoms with Gasteiger partial charge in [-0.3, -0.25) is 4.79 Å². The van der Waals surface area contributed by atoms with Gasteiger partial charge >= 0.3 is 0 Å². The highest BCUT2D eigenvalue weighted by atomic mass is 79.9. The molecule has 1 aliphatic heterocycles. The molecule has 1 aromatic carbocycles. The smallest absolute Gasteiger partial charge is 0.219 e. The molecule has 1 unspecified atom stereocenters. The highest BCUT2D eigenvalue weighted by molar-refractivity contribution is 9.10. The summed E-state index contributed by atoms with van der Waals surface area (Å²) in [6.07, 6.45) is 2.17. The van der Waals surface area contributed by atoms with Gasteiger partial charge in [-0.2, -0.15) is 5.10 Å². The number of nitrogens with zero attached hydrogens (tertiary/aromatic N) is 5. The van der Waals surface area contributed by atoms with Crippen LogP contribution < -0.4 is 5.32 Å². The molecule has 0 bridgehead atoms. The summed E-state index contributed by atoms with van der Waals surface area (Å²) in [5, 5.41) is 8.59. The van der Waals surface area contributed by atoms with Crippen molar-refractivity contribution in [2.45, 2.75) is 25.9 Å². The summed E-state index contributed by atoms with van der Waals surface area (Å²) in [7, 11) is 1.82. The van der Waals surface area contributed by atoms with E-state index in [2.05, 4.69) is 36.3 Å². The molecule has 0 saturated heterocycles. The molecule has 0 saturated carbocycles. The third-order valence-electron chi connectivity index (χ3n) is 4.86. The Labute approximate surface area is 163 Å². The number of carbonyl (C=O) groups excluding carboxylic acids is 1. The Morgan fingerprint density at radius 3 is 2.96 bits per heavy atom. The van der Waals surface area contributed by atoms with Crippen molar-refractivity contribution in [2.24, 2.45) is 7.05 Å². The predicted octanol–water partition coefficient (Wildman–Crippen LogP) is 3.17. The van der Waals surface area contributed by atoms with Gasteiger partial charge in [0.15, 0.2) is 5.65 Å². The number of aryl methyl sites for hydroxylation is 1. The number of hydrogen-bond acceptors (Lipinski definition) is 5. The summed E-state index contributed by atoms with van der Waals surface area (Å²) < 4.78 is 16.1. The number of carbonyl (C=O) groups is 1. The minimum atomic E-state index is -0.308. The van der Waals surface area contributed by atoms with Crippen molar-refractivity contribution in [2.75, 3.05) is 11.9 Å². The van der Waals surface area contributed by atoms with E-state index in [1.54, 1.807) is 15.6 Å². The molecule has 27 heavy (non-hydrogen) atoms. The number of aromatic nitrogens is 4. The van der Waals surface area contributed by atoms with Gasteiger partial charge in [0.1, 0.15) is 22.6 Å². The minimum Gasteiger partial charge on any atom is -0.362 e. The van der Waals surface area contributed by atoms with Gasteiger partial charge in [-0.1, -0.05) is 6.07 Å². The van der Waals surface area contributed by atoms with E-state index in [0.29, 0.717) is 35.6 Å². The van der Waals surface area contributed by atoms with Gasteiger partial charge in [-0.25, -0.2) is 19.0 Å². The van der Waals surface area contributed by atoms with Gasteiger partial charge in [-0.15, -0.1) is 0 Å². The molecule has 1 amide bonds. The minimum absolute atomic E-state index is 0.0229. The molecule has 7 nitrogen and oxygen atoms in total. The van der Waals surface area contributed by atoms with Crippen LogP contribution in [0.1, 0.15) is 30.5 Å². The first-order valence-corrected chi connectivity index (χ1v) is 9.37. The summed E-state index contributed by atoms with van der Waals surface area (Å²) >= 11 is 3.46. The second-order valence-corrected chi connectivity index (χ2v) is 7.36. The average Bonchev–Trinajstić information content (AvgIpc) is 2.81. The molecule has 9 heteroatoms. The Hall–Kier alpha value is -2.55. The van der Waals surface area contributed by atoms with Crippen molar-refractivity contribution in [1.29, 1.82) is 0 Å². The van der Waals surface area contributed by atoms with Gasteiger partial charge in [0.25, 0.3) is 0 Å². The Bertz CT molecular complexity index is 1040. The second kappa shape index (κ2) is 6.88. The maximum absolute atomic E-state index is 13.8. The largest absolute Gasteiger partial charge is 0.362 e. The fraction of sp³-hybridized carbons (Fsp3) is 0.333. The molecule has 0 fully saturated rings. The Balaban J connectivity index is 1.76. The average molecular weight is 433 g/mol.